The average molecular weight is 442 g/mol. The lowest BCUT2D eigenvalue weighted by molar-refractivity contribution is -0.136. The number of rotatable bonds is 10. The van der Waals surface area contributed by atoms with Crippen molar-refractivity contribution in [3.63, 3.8) is 0 Å². The van der Waals surface area contributed by atoms with Crippen molar-refractivity contribution in [2.75, 3.05) is 19.6 Å². The third kappa shape index (κ3) is 6.77. The highest BCUT2D eigenvalue weighted by molar-refractivity contribution is 7.89. The lowest BCUT2D eigenvalue weighted by atomic mass is 9.96. The molecule has 1 aromatic carbocycles. The van der Waals surface area contributed by atoms with E-state index in [1.807, 2.05) is 0 Å². The molecule has 1 aliphatic rings. The zero-order chi connectivity index (χ0) is 22.1. The number of sulfonamides is 1. The summed E-state index contributed by atoms with van der Waals surface area (Å²) >= 11 is 0. The van der Waals surface area contributed by atoms with Crippen LogP contribution in [0.5, 0.6) is 0 Å². The van der Waals surface area contributed by atoms with Crippen molar-refractivity contribution in [1.29, 1.82) is 0 Å². The highest BCUT2D eigenvalue weighted by Crippen LogP contribution is 2.19. The Labute approximate surface area is 178 Å². The Balaban J connectivity index is 1.91. The van der Waals surface area contributed by atoms with Crippen LogP contribution in [-0.2, 0) is 19.6 Å². The molecule has 2 rings (SSSR count). The van der Waals surface area contributed by atoms with Gasteiger partial charge in [-0.05, 0) is 38.3 Å². The molecule has 0 aromatic heterocycles. The second-order valence-electron chi connectivity index (χ2n) is 7.75. The predicted octanol–water partition coefficient (Wildman–Crippen LogP) is 2.43. The second kappa shape index (κ2) is 11.4. The van der Waals surface area contributed by atoms with Crippen molar-refractivity contribution in [2.45, 2.75) is 63.3 Å². The third-order valence-corrected chi connectivity index (χ3v) is 6.84. The number of piperidine rings is 1. The molecule has 2 amide bonds. The molecule has 0 saturated carbocycles. The Morgan fingerprint density at radius 3 is 2.67 bits per heavy atom. The molecule has 1 unspecified atom stereocenters. The van der Waals surface area contributed by atoms with Gasteiger partial charge >= 0.3 is 0 Å². The van der Waals surface area contributed by atoms with Gasteiger partial charge in [0.05, 0.1) is 12.0 Å². The minimum absolute atomic E-state index is 0.0661. The van der Waals surface area contributed by atoms with E-state index in [9.17, 15) is 22.4 Å². The molecule has 0 radical (unpaired) electrons. The summed E-state index contributed by atoms with van der Waals surface area (Å²) in [6, 6.07) is 3.95. The fourth-order valence-electron chi connectivity index (χ4n) is 3.58. The van der Waals surface area contributed by atoms with Crippen LogP contribution in [0, 0.1) is 11.7 Å². The smallest absolute Gasteiger partial charge is 0.244 e. The van der Waals surface area contributed by atoms with E-state index in [0.717, 1.165) is 37.8 Å². The van der Waals surface area contributed by atoms with Gasteiger partial charge in [-0.3, -0.25) is 9.59 Å². The Morgan fingerprint density at radius 1 is 1.23 bits per heavy atom. The molecule has 0 bridgehead atoms. The Morgan fingerprint density at radius 2 is 1.97 bits per heavy atom. The van der Waals surface area contributed by atoms with Crippen molar-refractivity contribution in [2.24, 2.45) is 5.92 Å². The molecule has 1 aromatic rings. The molecular formula is C21H32FN3O4S. The first kappa shape index (κ1) is 24.3. The van der Waals surface area contributed by atoms with Gasteiger partial charge in [-0.2, -0.15) is 4.72 Å². The van der Waals surface area contributed by atoms with Gasteiger partial charge in [-0.1, -0.05) is 38.3 Å². The van der Waals surface area contributed by atoms with E-state index in [0.29, 0.717) is 25.9 Å². The predicted molar refractivity (Wildman–Crippen MR) is 113 cm³/mol. The van der Waals surface area contributed by atoms with Crippen LogP contribution >= 0.6 is 0 Å². The van der Waals surface area contributed by atoms with Gasteiger partial charge in [0, 0.05) is 19.6 Å². The number of nitrogens with zero attached hydrogens (tertiary/aromatic N) is 1. The van der Waals surface area contributed by atoms with Gasteiger partial charge in [0.1, 0.15) is 10.7 Å². The van der Waals surface area contributed by atoms with Crippen LogP contribution in [0.2, 0.25) is 0 Å². The molecule has 0 aliphatic carbocycles. The molecule has 9 heteroatoms. The molecule has 2 atom stereocenters. The molecule has 1 aliphatic heterocycles. The second-order valence-corrected chi connectivity index (χ2v) is 9.43. The molecule has 168 valence electrons. The maximum atomic E-state index is 13.8. The van der Waals surface area contributed by atoms with Gasteiger partial charge in [0.25, 0.3) is 0 Å². The molecular weight excluding hydrogens is 409 g/mol. The monoisotopic (exact) mass is 441 g/mol. The standard InChI is InChI=1S/C21H32FN3O4S/c1-3-4-5-8-13-23-20(26)17-10-9-14-25(15-17)21(27)16(2)24-30(28,29)19-12-7-6-11-18(19)22/h6-7,11-12,16-17,24H,3-5,8-10,13-15H2,1-2H3,(H,23,26)/t16-,17?/m0/s1. The zero-order valence-electron chi connectivity index (χ0n) is 17.7. The van der Waals surface area contributed by atoms with Crippen molar-refractivity contribution in [3.8, 4) is 0 Å². The minimum atomic E-state index is -4.18. The van der Waals surface area contributed by atoms with Gasteiger partial charge in [0.2, 0.25) is 21.8 Å². The van der Waals surface area contributed by atoms with Crippen molar-refractivity contribution >= 4 is 21.8 Å². The first-order valence-corrected chi connectivity index (χ1v) is 12.1. The number of unbranched alkanes of at least 4 members (excludes halogenated alkanes) is 3. The Bertz CT molecular complexity index is 831. The van der Waals surface area contributed by atoms with E-state index in [-0.39, 0.29) is 18.4 Å². The fraction of sp³-hybridized carbons (Fsp3) is 0.619. The topological polar surface area (TPSA) is 95.6 Å². The number of nitrogens with one attached hydrogen (secondary N) is 2. The van der Waals surface area contributed by atoms with Crippen molar-refractivity contribution in [3.05, 3.63) is 30.1 Å². The van der Waals surface area contributed by atoms with E-state index < -0.39 is 32.7 Å². The lowest BCUT2D eigenvalue weighted by Gasteiger charge is -2.33. The normalized spacial score (nSPS) is 18.1. The summed E-state index contributed by atoms with van der Waals surface area (Å²) in [4.78, 5) is 26.2. The fourth-order valence-corrected chi connectivity index (χ4v) is 4.86. The van der Waals surface area contributed by atoms with Gasteiger partial charge in [-0.15, -0.1) is 0 Å². The van der Waals surface area contributed by atoms with Crippen molar-refractivity contribution < 1.29 is 22.4 Å². The number of amides is 2. The highest BCUT2D eigenvalue weighted by Gasteiger charge is 2.32. The quantitative estimate of drug-likeness (QED) is 0.545. The Kier molecular flexibility index (Phi) is 9.23. The van der Waals surface area contributed by atoms with Crippen LogP contribution in [0.3, 0.4) is 0 Å². The lowest BCUT2D eigenvalue weighted by Crippen LogP contribution is -2.52. The molecule has 1 heterocycles. The minimum Gasteiger partial charge on any atom is -0.356 e. The number of carbonyl (C=O) groups is 2. The highest BCUT2D eigenvalue weighted by atomic mass is 32.2. The average Bonchev–Trinajstić information content (AvgIpc) is 2.72. The van der Waals surface area contributed by atoms with E-state index in [4.69, 9.17) is 0 Å². The van der Waals surface area contributed by atoms with Crippen LogP contribution in [0.15, 0.2) is 29.2 Å². The molecule has 0 spiro atoms. The Hall–Kier alpha value is -2.00. The summed E-state index contributed by atoms with van der Waals surface area (Å²) in [5.74, 6) is -1.67. The molecule has 1 saturated heterocycles. The number of halogens is 1. The molecule has 2 N–H and O–H groups in total. The maximum absolute atomic E-state index is 13.8. The summed E-state index contributed by atoms with van der Waals surface area (Å²) in [7, 11) is -4.18. The number of hydrogen-bond donors (Lipinski definition) is 2. The summed E-state index contributed by atoms with van der Waals surface area (Å²) in [5.41, 5.74) is 0. The molecule has 1 fully saturated rings. The van der Waals surface area contributed by atoms with E-state index in [1.165, 1.54) is 24.0 Å². The first-order chi connectivity index (χ1) is 14.3. The van der Waals surface area contributed by atoms with E-state index >= 15 is 0 Å². The van der Waals surface area contributed by atoms with Crippen LogP contribution in [0.1, 0.15) is 52.4 Å². The van der Waals surface area contributed by atoms with Gasteiger partial charge in [0.15, 0.2) is 0 Å². The largest absolute Gasteiger partial charge is 0.356 e. The molecule has 30 heavy (non-hydrogen) atoms. The first-order valence-electron chi connectivity index (χ1n) is 10.6. The van der Waals surface area contributed by atoms with Crippen LogP contribution in [0.25, 0.3) is 0 Å². The summed E-state index contributed by atoms with van der Waals surface area (Å²) < 4.78 is 41.0. The third-order valence-electron chi connectivity index (χ3n) is 5.26. The van der Waals surface area contributed by atoms with Gasteiger partial charge in [-0.25, -0.2) is 12.8 Å². The SMILES string of the molecule is CCCCCCNC(=O)C1CCCN(C(=O)[C@H](C)NS(=O)(=O)c2ccccc2F)C1. The van der Waals surface area contributed by atoms with E-state index in [2.05, 4.69) is 17.0 Å². The zero-order valence-corrected chi connectivity index (χ0v) is 18.5. The number of likely N-dealkylation sites (tertiary alicyclic amines) is 1. The number of carbonyl (C=O) groups excluding carboxylic acids is 2. The maximum Gasteiger partial charge on any atom is 0.244 e. The summed E-state index contributed by atoms with van der Waals surface area (Å²) in [6.45, 7) is 4.90. The van der Waals surface area contributed by atoms with Crippen LogP contribution in [-0.4, -0.2) is 50.8 Å². The molecule has 7 nitrogen and oxygen atoms in total. The summed E-state index contributed by atoms with van der Waals surface area (Å²) in [6.07, 6.45) is 5.65. The van der Waals surface area contributed by atoms with Crippen LogP contribution < -0.4 is 10.0 Å². The number of hydrogen-bond acceptors (Lipinski definition) is 4. The number of benzene rings is 1. The van der Waals surface area contributed by atoms with Crippen molar-refractivity contribution in [1.82, 2.24) is 14.9 Å². The van der Waals surface area contributed by atoms with E-state index in [1.54, 1.807) is 0 Å². The van der Waals surface area contributed by atoms with Gasteiger partial charge < -0.3 is 10.2 Å². The summed E-state index contributed by atoms with van der Waals surface area (Å²) in [5, 5.41) is 2.94. The van der Waals surface area contributed by atoms with Crippen LogP contribution in [0.4, 0.5) is 4.39 Å².